The maximum atomic E-state index is 5.35. The Labute approximate surface area is 195 Å². The number of nitrogens with zero attached hydrogens (tertiary/aromatic N) is 6. The van der Waals surface area contributed by atoms with E-state index in [0.29, 0.717) is 36.4 Å². The molecule has 3 heterocycles. The van der Waals surface area contributed by atoms with E-state index in [1.165, 1.54) is 5.56 Å². The van der Waals surface area contributed by atoms with Crippen LogP contribution in [0.25, 0.3) is 11.6 Å². The molecule has 4 rings (SSSR count). The monoisotopic (exact) mass is 447 g/mol. The molecule has 0 radical (unpaired) electrons. The molecule has 174 valence electrons. The Morgan fingerprint density at radius 3 is 2.55 bits per heavy atom. The molecule has 1 saturated heterocycles. The van der Waals surface area contributed by atoms with Gasteiger partial charge in [-0.05, 0) is 31.0 Å². The molecule has 3 aromatic rings. The fraction of sp³-hybridized carbons (Fsp3) is 0.440. The van der Waals surface area contributed by atoms with Crippen LogP contribution >= 0.6 is 0 Å². The minimum Gasteiger partial charge on any atom is -0.357 e. The second-order valence-corrected chi connectivity index (χ2v) is 8.07. The molecule has 8 nitrogen and oxygen atoms in total. The van der Waals surface area contributed by atoms with Crippen molar-refractivity contribution in [2.24, 2.45) is 4.99 Å². The van der Waals surface area contributed by atoms with Crippen molar-refractivity contribution < 1.29 is 4.52 Å². The van der Waals surface area contributed by atoms with Crippen molar-refractivity contribution >= 4 is 5.96 Å². The first-order valence-electron chi connectivity index (χ1n) is 11.8. The predicted molar refractivity (Wildman–Crippen MR) is 130 cm³/mol. The Balaban J connectivity index is 1.33. The third-order valence-corrected chi connectivity index (χ3v) is 5.91. The van der Waals surface area contributed by atoms with Gasteiger partial charge in [-0.15, -0.1) is 0 Å². The normalized spacial score (nSPS) is 16.1. The van der Waals surface area contributed by atoms with Crippen LogP contribution in [0.1, 0.15) is 37.7 Å². The van der Waals surface area contributed by atoms with E-state index in [1.54, 1.807) is 6.20 Å². The summed E-state index contributed by atoms with van der Waals surface area (Å²) in [5.74, 6) is 2.05. The summed E-state index contributed by atoms with van der Waals surface area (Å²) in [6.45, 7) is 9.78. The molecule has 0 bridgehead atoms. The molecule has 1 N–H and O–H groups in total. The largest absolute Gasteiger partial charge is 0.357 e. The van der Waals surface area contributed by atoms with Gasteiger partial charge in [0, 0.05) is 57.9 Å². The number of hydrogen-bond acceptors (Lipinski definition) is 6. The van der Waals surface area contributed by atoms with Gasteiger partial charge in [-0.25, -0.2) is 0 Å². The Bertz CT molecular complexity index is 998. The molecular weight excluding hydrogens is 414 g/mol. The van der Waals surface area contributed by atoms with E-state index in [-0.39, 0.29) is 0 Å². The van der Waals surface area contributed by atoms with Gasteiger partial charge in [-0.2, -0.15) is 4.98 Å². The zero-order chi connectivity index (χ0) is 22.9. The number of aromatic nitrogens is 3. The minimum atomic E-state index is 0.446. The molecule has 1 atom stereocenters. The minimum absolute atomic E-state index is 0.446. The highest BCUT2D eigenvalue weighted by Crippen LogP contribution is 2.25. The third kappa shape index (κ3) is 5.96. The first-order chi connectivity index (χ1) is 16.3. The van der Waals surface area contributed by atoms with Gasteiger partial charge < -0.3 is 14.7 Å². The highest BCUT2D eigenvalue weighted by atomic mass is 16.5. The Hall–Kier alpha value is -3.26. The molecule has 0 aliphatic carbocycles. The van der Waals surface area contributed by atoms with Crippen molar-refractivity contribution in [3.63, 3.8) is 0 Å². The van der Waals surface area contributed by atoms with E-state index < -0.39 is 0 Å². The average molecular weight is 448 g/mol. The van der Waals surface area contributed by atoms with E-state index in [1.807, 2.05) is 18.2 Å². The number of pyridine rings is 1. The molecule has 0 spiro atoms. The predicted octanol–water partition coefficient (Wildman–Crippen LogP) is 3.41. The molecule has 1 fully saturated rings. The summed E-state index contributed by atoms with van der Waals surface area (Å²) in [5, 5.41) is 7.52. The Kier molecular flexibility index (Phi) is 8.03. The number of guanidine groups is 1. The maximum absolute atomic E-state index is 5.35. The SMILES string of the molecule is CCNC(=NCCc1noc(-c2ccccn2)n1)N1CCN(C(CC)c2ccccc2)CC1. The van der Waals surface area contributed by atoms with E-state index in [9.17, 15) is 0 Å². The third-order valence-electron chi connectivity index (χ3n) is 5.91. The second kappa shape index (κ2) is 11.6. The van der Waals surface area contributed by atoms with Gasteiger partial charge in [0.05, 0.1) is 0 Å². The van der Waals surface area contributed by atoms with Crippen LogP contribution in [0.4, 0.5) is 0 Å². The van der Waals surface area contributed by atoms with Gasteiger partial charge in [-0.3, -0.25) is 14.9 Å². The molecule has 1 unspecified atom stereocenters. The van der Waals surface area contributed by atoms with E-state index in [4.69, 9.17) is 9.52 Å². The van der Waals surface area contributed by atoms with Crippen LogP contribution in [-0.4, -0.2) is 70.2 Å². The van der Waals surface area contributed by atoms with E-state index >= 15 is 0 Å². The standard InChI is InChI=1S/C25H33N7O/c1-3-22(20-10-6-5-7-11-20)31-16-18-32(19-17-31)25(26-4-2)28-15-13-23-29-24(33-30-23)21-12-8-9-14-27-21/h5-12,14,22H,3-4,13,15-19H2,1-2H3,(H,26,28). The number of benzene rings is 1. The molecule has 0 amide bonds. The van der Waals surface area contributed by atoms with Crippen LogP contribution in [0.3, 0.4) is 0 Å². The summed E-state index contributed by atoms with van der Waals surface area (Å²) in [6.07, 6.45) is 3.45. The lowest BCUT2D eigenvalue weighted by Crippen LogP contribution is -2.53. The lowest BCUT2D eigenvalue weighted by molar-refractivity contribution is 0.127. The first kappa shape index (κ1) is 22.9. The van der Waals surface area contributed by atoms with Crippen molar-refractivity contribution in [2.75, 3.05) is 39.3 Å². The van der Waals surface area contributed by atoms with Gasteiger partial charge in [0.1, 0.15) is 5.69 Å². The fourth-order valence-electron chi connectivity index (χ4n) is 4.26. The average Bonchev–Trinajstić information content (AvgIpc) is 3.35. The van der Waals surface area contributed by atoms with Crippen LogP contribution in [0.5, 0.6) is 0 Å². The van der Waals surface area contributed by atoms with Gasteiger partial charge in [0.15, 0.2) is 11.8 Å². The van der Waals surface area contributed by atoms with Crippen LogP contribution in [0.15, 0.2) is 64.2 Å². The van der Waals surface area contributed by atoms with Gasteiger partial charge in [0.25, 0.3) is 5.89 Å². The van der Waals surface area contributed by atoms with Crippen molar-refractivity contribution in [1.82, 2.24) is 30.2 Å². The van der Waals surface area contributed by atoms with Gasteiger partial charge in [0.2, 0.25) is 0 Å². The fourth-order valence-corrected chi connectivity index (χ4v) is 4.26. The number of hydrogen-bond donors (Lipinski definition) is 1. The van der Waals surface area contributed by atoms with Crippen LogP contribution in [0.2, 0.25) is 0 Å². The van der Waals surface area contributed by atoms with E-state index in [2.05, 4.69) is 74.4 Å². The topological polar surface area (TPSA) is 82.7 Å². The molecule has 1 aromatic carbocycles. The number of aliphatic imine (C=N–C) groups is 1. The maximum Gasteiger partial charge on any atom is 0.276 e. The zero-order valence-corrected chi connectivity index (χ0v) is 19.5. The van der Waals surface area contributed by atoms with Gasteiger partial charge in [-0.1, -0.05) is 48.5 Å². The molecule has 1 aliphatic rings. The van der Waals surface area contributed by atoms with Crippen LogP contribution < -0.4 is 5.32 Å². The molecule has 0 saturated carbocycles. The second-order valence-electron chi connectivity index (χ2n) is 8.07. The summed E-state index contributed by atoms with van der Waals surface area (Å²) in [4.78, 5) is 18.5. The van der Waals surface area contributed by atoms with Crippen molar-refractivity contribution in [3.05, 3.63) is 66.1 Å². The highest BCUT2D eigenvalue weighted by molar-refractivity contribution is 5.80. The quantitative estimate of drug-likeness (QED) is 0.418. The van der Waals surface area contributed by atoms with E-state index in [0.717, 1.165) is 45.1 Å². The summed E-state index contributed by atoms with van der Waals surface area (Å²) in [7, 11) is 0. The summed E-state index contributed by atoms with van der Waals surface area (Å²) in [5.41, 5.74) is 2.09. The van der Waals surface area contributed by atoms with Gasteiger partial charge >= 0.3 is 0 Å². The first-order valence-corrected chi connectivity index (χ1v) is 11.8. The number of nitrogens with one attached hydrogen (secondary N) is 1. The molecule has 8 heteroatoms. The molecular formula is C25H33N7O. The van der Waals surface area contributed by atoms with Crippen molar-refractivity contribution in [1.29, 1.82) is 0 Å². The summed E-state index contributed by atoms with van der Waals surface area (Å²) in [6, 6.07) is 16.9. The number of piperazine rings is 1. The van der Waals surface area contributed by atoms with Crippen molar-refractivity contribution in [3.8, 4) is 11.6 Å². The number of rotatable bonds is 8. The smallest absolute Gasteiger partial charge is 0.276 e. The zero-order valence-electron chi connectivity index (χ0n) is 19.5. The molecule has 33 heavy (non-hydrogen) atoms. The molecule has 1 aliphatic heterocycles. The summed E-state index contributed by atoms with van der Waals surface area (Å²) >= 11 is 0. The lowest BCUT2D eigenvalue weighted by atomic mass is 10.0. The Morgan fingerprint density at radius 2 is 1.85 bits per heavy atom. The van der Waals surface area contributed by atoms with Crippen LogP contribution in [0, 0.1) is 0 Å². The lowest BCUT2D eigenvalue weighted by Gasteiger charge is -2.40. The van der Waals surface area contributed by atoms with Crippen LogP contribution in [-0.2, 0) is 6.42 Å². The highest BCUT2D eigenvalue weighted by Gasteiger charge is 2.25. The van der Waals surface area contributed by atoms with Crippen molar-refractivity contribution in [2.45, 2.75) is 32.7 Å². The Morgan fingerprint density at radius 1 is 1.06 bits per heavy atom. The molecule has 2 aromatic heterocycles. The summed E-state index contributed by atoms with van der Waals surface area (Å²) < 4.78 is 5.35.